The maximum atomic E-state index is 12.5. The van der Waals surface area contributed by atoms with Crippen molar-refractivity contribution >= 4 is 40.0 Å². The fourth-order valence-electron chi connectivity index (χ4n) is 3.88. The summed E-state index contributed by atoms with van der Waals surface area (Å²) in [7, 11) is 0. The molecular formula is C23H23N3O4S2. The number of ether oxygens (including phenoxy) is 2. The van der Waals surface area contributed by atoms with Gasteiger partial charge < -0.3 is 13.9 Å². The minimum atomic E-state index is -0.445. The van der Waals surface area contributed by atoms with E-state index in [1.807, 2.05) is 35.7 Å². The van der Waals surface area contributed by atoms with E-state index in [0.29, 0.717) is 24.5 Å². The predicted octanol–water partition coefficient (Wildman–Crippen LogP) is 5.40. The third kappa shape index (κ3) is 4.20. The van der Waals surface area contributed by atoms with Gasteiger partial charge in [-0.1, -0.05) is 36.0 Å². The van der Waals surface area contributed by atoms with Gasteiger partial charge in [0, 0.05) is 23.3 Å². The topological polar surface area (TPSA) is 79.4 Å². The molecule has 0 spiro atoms. The molecule has 0 aliphatic carbocycles. The Bertz CT molecular complexity index is 1210. The summed E-state index contributed by atoms with van der Waals surface area (Å²) in [6.07, 6.45) is 2.27. The summed E-state index contributed by atoms with van der Waals surface area (Å²) < 4.78 is 19.1. The normalized spacial score (nSPS) is 16.1. The number of thioether (sulfide) groups is 1. The number of hydrogen-bond donors (Lipinski definition) is 0. The Kier molecular flexibility index (Phi) is 6.29. The van der Waals surface area contributed by atoms with Gasteiger partial charge in [-0.15, -0.1) is 21.5 Å². The van der Waals surface area contributed by atoms with Gasteiger partial charge in [0.25, 0.3) is 0 Å². The summed E-state index contributed by atoms with van der Waals surface area (Å²) in [4.78, 5) is 13.6. The van der Waals surface area contributed by atoms with Crippen molar-refractivity contribution in [2.24, 2.45) is 0 Å². The lowest BCUT2D eigenvalue weighted by atomic mass is 10.1. The van der Waals surface area contributed by atoms with Crippen molar-refractivity contribution in [3.05, 3.63) is 53.1 Å². The molecule has 4 aromatic rings. The van der Waals surface area contributed by atoms with Gasteiger partial charge in [-0.05, 0) is 37.3 Å². The average Bonchev–Trinajstić information content (AvgIpc) is 3.59. The van der Waals surface area contributed by atoms with Crippen LogP contribution in [0, 0.1) is 0 Å². The Labute approximate surface area is 193 Å². The number of benzene rings is 1. The van der Waals surface area contributed by atoms with Gasteiger partial charge >= 0.3 is 5.97 Å². The molecular weight excluding hydrogens is 446 g/mol. The van der Waals surface area contributed by atoms with Crippen LogP contribution < -0.4 is 0 Å². The van der Waals surface area contributed by atoms with Crippen LogP contribution in [0.5, 0.6) is 0 Å². The van der Waals surface area contributed by atoms with Crippen molar-refractivity contribution in [1.82, 2.24) is 14.8 Å². The third-order valence-electron chi connectivity index (χ3n) is 5.37. The first kappa shape index (κ1) is 21.2. The Morgan fingerprint density at radius 2 is 2.19 bits per heavy atom. The molecule has 0 amide bonds. The highest BCUT2D eigenvalue weighted by Gasteiger charge is 2.25. The van der Waals surface area contributed by atoms with Gasteiger partial charge in [0.05, 0.1) is 24.1 Å². The zero-order chi connectivity index (χ0) is 21.9. The first-order chi connectivity index (χ1) is 15.7. The maximum Gasteiger partial charge on any atom is 0.374 e. The number of nitrogens with zero attached hydrogens (tertiary/aromatic N) is 3. The number of para-hydroxylation sites is 1. The summed E-state index contributed by atoms with van der Waals surface area (Å²) in [5.74, 6) is 1.17. The predicted molar refractivity (Wildman–Crippen MR) is 124 cm³/mol. The van der Waals surface area contributed by atoms with Gasteiger partial charge in [-0.2, -0.15) is 0 Å². The van der Waals surface area contributed by atoms with Crippen molar-refractivity contribution in [2.75, 3.05) is 13.2 Å². The van der Waals surface area contributed by atoms with E-state index in [4.69, 9.17) is 13.9 Å². The summed E-state index contributed by atoms with van der Waals surface area (Å²) in [6, 6.07) is 11.7. The van der Waals surface area contributed by atoms with Crippen molar-refractivity contribution in [3.8, 4) is 10.7 Å². The van der Waals surface area contributed by atoms with Crippen LogP contribution in [-0.2, 0) is 21.8 Å². The molecule has 3 aromatic heterocycles. The Morgan fingerprint density at radius 1 is 1.28 bits per heavy atom. The molecule has 1 atom stereocenters. The number of carbonyl (C=O) groups is 1. The smallest absolute Gasteiger partial charge is 0.374 e. The molecule has 9 heteroatoms. The lowest BCUT2D eigenvalue weighted by Gasteiger charge is -2.14. The van der Waals surface area contributed by atoms with Gasteiger partial charge in [0.1, 0.15) is 5.58 Å². The molecule has 0 saturated carbocycles. The molecule has 0 radical (unpaired) electrons. The monoisotopic (exact) mass is 469 g/mol. The van der Waals surface area contributed by atoms with Crippen molar-refractivity contribution in [2.45, 2.75) is 43.3 Å². The van der Waals surface area contributed by atoms with Gasteiger partial charge in [-0.3, -0.25) is 4.57 Å². The highest BCUT2D eigenvalue weighted by molar-refractivity contribution is 7.98. The highest BCUT2D eigenvalue weighted by atomic mass is 32.2. The number of rotatable bonds is 8. The van der Waals surface area contributed by atoms with E-state index < -0.39 is 5.97 Å². The van der Waals surface area contributed by atoms with E-state index in [1.54, 1.807) is 30.0 Å². The molecule has 1 aliphatic heterocycles. The van der Waals surface area contributed by atoms with Crippen LogP contribution in [-0.4, -0.2) is 40.1 Å². The van der Waals surface area contributed by atoms with E-state index in [9.17, 15) is 4.79 Å². The second kappa shape index (κ2) is 9.48. The molecule has 5 rings (SSSR count). The van der Waals surface area contributed by atoms with Crippen LogP contribution in [0.1, 0.15) is 35.9 Å². The number of carbonyl (C=O) groups excluding carboxylic acids is 1. The SMILES string of the molecule is CCOC(=O)c1oc2ccccc2c1CSc1nnc(-c2cccs2)n1CC1CCCO1. The molecule has 1 fully saturated rings. The lowest BCUT2D eigenvalue weighted by Crippen LogP contribution is -2.16. The van der Waals surface area contributed by atoms with E-state index in [2.05, 4.69) is 20.8 Å². The Balaban J connectivity index is 1.46. The average molecular weight is 470 g/mol. The molecule has 1 aromatic carbocycles. The van der Waals surface area contributed by atoms with Crippen molar-refractivity contribution in [3.63, 3.8) is 0 Å². The standard InChI is InChI=1S/C23H23N3O4S2/c1-2-28-22(27)20-17(16-8-3-4-9-18(16)30-20)14-32-23-25-24-21(19-10-6-12-31-19)26(23)13-15-7-5-11-29-15/h3-4,6,8-10,12,15H,2,5,7,11,13-14H2,1H3. The summed E-state index contributed by atoms with van der Waals surface area (Å²) >= 11 is 3.18. The molecule has 166 valence electrons. The number of furan rings is 1. The highest BCUT2D eigenvalue weighted by Crippen LogP contribution is 2.34. The van der Waals surface area contributed by atoms with Crippen LogP contribution in [0.25, 0.3) is 21.7 Å². The van der Waals surface area contributed by atoms with E-state index in [0.717, 1.165) is 46.3 Å². The van der Waals surface area contributed by atoms with Crippen LogP contribution in [0.4, 0.5) is 0 Å². The fraction of sp³-hybridized carbons (Fsp3) is 0.348. The van der Waals surface area contributed by atoms with Crippen molar-refractivity contribution in [1.29, 1.82) is 0 Å². The second-order valence-electron chi connectivity index (χ2n) is 7.44. The lowest BCUT2D eigenvalue weighted by molar-refractivity contribution is 0.0491. The number of esters is 1. The number of aromatic nitrogens is 3. The summed E-state index contributed by atoms with van der Waals surface area (Å²) in [5.41, 5.74) is 1.49. The van der Waals surface area contributed by atoms with Crippen LogP contribution in [0.15, 0.2) is 51.4 Å². The van der Waals surface area contributed by atoms with Gasteiger partial charge in [0.2, 0.25) is 5.76 Å². The zero-order valence-electron chi connectivity index (χ0n) is 17.7. The molecule has 1 saturated heterocycles. The molecule has 32 heavy (non-hydrogen) atoms. The zero-order valence-corrected chi connectivity index (χ0v) is 19.3. The summed E-state index contributed by atoms with van der Waals surface area (Å²) in [5, 5.41) is 12.7. The molecule has 0 N–H and O–H groups in total. The van der Waals surface area contributed by atoms with Crippen molar-refractivity contribution < 1.29 is 18.7 Å². The molecule has 4 heterocycles. The Hall–Kier alpha value is -2.62. The van der Waals surface area contributed by atoms with E-state index in [-0.39, 0.29) is 11.9 Å². The van der Waals surface area contributed by atoms with E-state index >= 15 is 0 Å². The van der Waals surface area contributed by atoms with Crippen LogP contribution in [0.3, 0.4) is 0 Å². The van der Waals surface area contributed by atoms with Crippen LogP contribution >= 0.6 is 23.1 Å². The van der Waals surface area contributed by atoms with Crippen LogP contribution in [0.2, 0.25) is 0 Å². The minimum absolute atomic E-state index is 0.161. The Morgan fingerprint density at radius 3 is 2.97 bits per heavy atom. The minimum Gasteiger partial charge on any atom is -0.460 e. The van der Waals surface area contributed by atoms with E-state index in [1.165, 1.54) is 0 Å². The first-order valence-electron chi connectivity index (χ1n) is 10.6. The third-order valence-corrected chi connectivity index (χ3v) is 7.23. The molecule has 0 bridgehead atoms. The first-order valence-corrected chi connectivity index (χ1v) is 12.5. The second-order valence-corrected chi connectivity index (χ2v) is 9.33. The largest absolute Gasteiger partial charge is 0.460 e. The van der Waals surface area contributed by atoms with Gasteiger partial charge in [-0.25, -0.2) is 4.79 Å². The number of hydrogen-bond acceptors (Lipinski definition) is 8. The fourth-order valence-corrected chi connectivity index (χ4v) is 5.57. The quantitative estimate of drug-likeness (QED) is 0.252. The van der Waals surface area contributed by atoms with Gasteiger partial charge in [0.15, 0.2) is 11.0 Å². The molecule has 7 nitrogen and oxygen atoms in total. The molecule has 1 aliphatic rings. The maximum absolute atomic E-state index is 12.5. The number of thiophene rings is 1. The number of fused-ring (bicyclic) bond motifs is 1. The molecule has 1 unspecified atom stereocenters. The summed E-state index contributed by atoms with van der Waals surface area (Å²) in [6.45, 7) is 3.59.